The van der Waals surface area contributed by atoms with E-state index in [2.05, 4.69) is 15.3 Å². The Morgan fingerprint density at radius 3 is 2.53 bits per heavy atom. The summed E-state index contributed by atoms with van der Waals surface area (Å²) >= 11 is 1.52. The van der Waals surface area contributed by atoms with Crippen LogP contribution in [0.5, 0.6) is 5.75 Å². The molecular weight excluding hydrogens is 452 g/mol. The number of fused-ring (bicyclic) bond motifs is 1. The van der Waals surface area contributed by atoms with Gasteiger partial charge in [0.2, 0.25) is 5.95 Å². The van der Waals surface area contributed by atoms with Gasteiger partial charge in [0.25, 0.3) is 5.91 Å². The molecule has 34 heavy (non-hydrogen) atoms. The van der Waals surface area contributed by atoms with E-state index in [0.29, 0.717) is 31.2 Å². The molecule has 0 bridgehead atoms. The van der Waals surface area contributed by atoms with Crippen LogP contribution in [0.15, 0.2) is 30.3 Å². The first-order chi connectivity index (χ1) is 16.2. The molecule has 9 heteroatoms. The van der Waals surface area contributed by atoms with Gasteiger partial charge in [-0.25, -0.2) is 9.97 Å². The molecule has 0 aliphatic carbocycles. The summed E-state index contributed by atoms with van der Waals surface area (Å²) in [5.41, 5.74) is 2.20. The van der Waals surface area contributed by atoms with E-state index in [1.54, 1.807) is 12.0 Å². The highest BCUT2D eigenvalue weighted by molar-refractivity contribution is 7.19. The van der Waals surface area contributed by atoms with Crippen LogP contribution in [0, 0.1) is 12.8 Å². The van der Waals surface area contributed by atoms with Gasteiger partial charge < -0.3 is 19.7 Å². The summed E-state index contributed by atoms with van der Waals surface area (Å²) in [6.07, 6.45) is 0.193. The van der Waals surface area contributed by atoms with Crippen molar-refractivity contribution in [1.82, 2.24) is 14.9 Å². The zero-order valence-electron chi connectivity index (χ0n) is 20.1. The Morgan fingerprint density at radius 2 is 1.88 bits per heavy atom. The van der Waals surface area contributed by atoms with Gasteiger partial charge in [-0.2, -0.15) is 0 Å². The number of carbonyl (C=O) groups excluding carboxylic acids is 2. The van der Waals surface area contributed by atoms with Crippen LogP contribution in [0.4, 0.5) is 5.95 Å². The standard InChI is InChI=1S/C25H30N4O4S/c1-14(2)33-21(30)11-17-12-29(13-17)24(31)22-23-20(10-15(3)34-23)27-25(28-22)26-16(4)18-6-8-19(32-5)9-7-18/h6-10,14,16-17H,11-13H2,1-5H3,(H,26,27,28)/t16-/m0/s1. The minimum absolute atomic E-state index is 0.0635. The predicted molar refractivity (Wildman–Crippen MR) is 132 cm³/mol. The number of aromatic nitrogens is 2. The fourth-order valence-electron chi connectivity index (χ4n) is 3.99. The average Bonchev–Trinajstić information content (AvgIpc) is 3.14. The highest BCUT2D eigenvalue weighted by atomic mass is 32.1. The molecular formula is C25H30N4O4S. The topological polar surface area (TPSA) is 93.7 Å². The number of aryl methyl sites for hydroxylation is 1. The molecule has 2 aromatic heterocycles. The molecule has 1 atom stereocenters. The van der Waals surface area contributed by atoms with Gasteiger partial charge in [0, 0.05) is 23.9 Å². The van der Waals surface area contributed by atoms with Crippen molar-refractivity contribution in [1.29, 1.82) is 0 Å². The van der Waals surface area contributed by atoms with Gasteiger partial charge in [-0.15, -0.1) is 11.3 Å². The summed E-state index contributed by atoms with van der Waals surface area (Å²) in [5.74, 6) is 0.965. The number of methoxy groups -OCH3 is 1. The highest BCUT2D eigenvalue weighted by Gasteiger charge is 2.35. The summed E-state index contributed by atoms with van der Waals surface area (Å²) < 4.78 is 11.2. The third-order valence-electron chi connectivity index (χ3n) is 5.73. The van der Waals surface area contributed by atoms with Crippen molar-refractivity contribution in [3.63, 3.8) is 0 Å². The van der Waals surface area contributed by atoms with E-state index in [-0.39, 0.29) is 29.9 Å². The first-order valence-electron chi connectivity index (χ1n) is 11.4. The van der Waals surface area contributed by atoms with Crippen molar-refractivity contribution in [2.75, 3.05) is 25.5 Å². The zero-order chi connectivity index (χ0) is 24.4. The normalized spacial score (nSPS) is 14.7. The molecule has 0 spiro atoms. The molecule has 3 heterocycles. The van der Waals surface area contributed by atoms with Gasteiger partial charge in [0.15, 0.2) is 5.69 Å². The van der Waals surface area contributed by atoms with Crippen LogP contribution in [-0.2, 0) is 9.53 Å². The van der Waals surface area contributed by atoms with Crippen molar-refractivity contribution in [3.05, 3.63) is 46.5 Å². The van der Waals surface area contributed by atoms with Gasteiger partial charge >= 0.3 is 5.97 Å². The summed E-state index contributed by atoms with van der Waals surface area (Å²) in [6, 6.07) is 9.70. The number of ether oxygens (including phenoxy) is 2. The summed E-state index contributed by atoms with van der Waals surface area (Å²) in [5, 5.41) is 3.33. The number of carbonyl (C=O) groups is 2. The number of anilines is 1. The molecule has 1 fully saturated rings. The Balaban J connectivity index is 1.50. The number of nitrogens with one attached hydrogen (secondary N) is 1. The molecule has 1 saturated heterocycles. The first-order valence-corrected chi connectivity index (χ1v) is 12.2. The number of thiophene rings is 1. The average molecular weight is 483 g/mol. The van der Waals surface area contributed by atoms with Crippen LogP contribution in [-0.4, -0.2) is 53.0 Å². The van der Waals surface area contributed by atoms with Crippen LogP contribution in [0.2, 0.25) is 0 Å². The quantitative estimate of drug-likeness (QED) is 0.469. The van der Waals surface area contributed by atoms with Crippen LogP contribution < -0.4 is 10.1 Å². The van der Waals surface area contributed by atoms with Crippen LogP contribution in [0.1, 0.15) is 54.2 Å². The molecule has 4 rings (SSSR count). The van der Waals surface area contributed by atoms with E-state index in [1.807, 2.05) is 58.0 Å². The maximum atomic E-state index is 13.3. The summed E-state index contributed by atoms with van der Waals surface area (Å²) in [4.78, 5) is 37.3. The van der Waals surface area contributed by atoms with E-state index >= 15 is 0 Å². The Morgan fingerprint density at radius 1 is 1.18 bits per heavy atom. The Labute approximate surface area is 203 Å². The first kappa shape index (κ1) is 23.9. The van der Waals surface area contributed by atoms with Crippen molar-refractivity contribution < 1.29 is 19.1 Å². The van der Waals surface area contributed by atoms with Gasteiger partial charge in [-0.3, -0.25) is 9.59 Å². The van der Waals surface area contributed by atoms with E-state index in [4.69, 9.17) is 9.47 Å². The molecule has 1 N–H and O–H groups in total. The molecule has 1 aliphatic heterocycles. The van der Waals surface area contributed by atoms with Crippen molar-refractivity contribution in [3.8, 4) is 5.75 Å². The maximum absolute atomic E-state index is 13.3. The SMILES string of the molecule is COc1ccc([C@H](C)Nc2nc(C(=O)N3CC(CC(=O)OC(C)C)C3)c3sc(C)cc3n2)cc1. The highest BCUT2D eigenvalue weighted by Crippen LogP contribution is 2.31. The second-order valence-corrected chi connectivity index (χ2v) is 10.2. The maximum Gasteiger partial charge on any atom is 0.306 e. The van der Waals surface area contributed by atoms with Crippen molar-refractivity contribution in [2.45, 2.75) is 46.3 Å². The van der Waals surface area contributed by atoms with E-state index in [0.717, 1.165) is 26.4 Å². The third kappa shape index (κ3) is 5.30. The molecule has 1 aliphatic rings. The molecule has 0 unspecified atom stereocenters. The number of benzene rings is 1. The molecule has 0 radical (unpaired) electrons. The minimum atomic E-state index is -0.218. The lowest BCUT2D eigenvalue weighted by atomic mass is 9.96. The fraction of sp³-hybridized carbons (Fsp3) is 0.440. The minimum Gasteiger partial charge on any atom is -0.497 e. The number of likely N-dealkylation sites (tertiary alicyclic amines) is 1. The predicted octanol–water partition coefficient (Wildman–Crippen LogP) is 4.60. The third-order valence-corrected chi connectivity index (χ3v) is 6.77. The number of amides is 1. The summed E-state index contributed by atoms with van der Waals surface area (Å²) in [6.45, 7) is 8.72. The zero-order valence-corrected chi connectivity index (χ0v) is 20.9. The van der Waals surface area contributed by atoms with Crippen LogP contribution in [0.25, 0.3) is 10.2 Å². The number of esters is 1. The van der Waals surface area contributed by atoms with Gasteiger partial charge in [-0.1, -0.05) is 12.1 Å². The van der Waals surface area contributed by atoms with Gasteiger partial charge in [-0.05, 0) is 51.5 Å². The fourth-order valence-corrected chi connectivity index (χ4v) is 4.92. The van der Waals surface area contributed by atoms with Crippen LogP contribution in [0.3, 0.4) is 0 Å². The number of nitrogens with zero attached hydrogens (tertiary/aromatic N) is 3. The smallest absolute Gasteiger partial charge is 0.306 e. The lowest BCUT2D eigenvalue weighted by Crippen LogP contribution is -2.51. The lowest BCUT2D eigenvalue weighted by Gasteiger charge is -2.38. The molecule has 3 aromatic rings. The molecule has 180 valence electrons. The Bertz CT molecular complexity index is 1190. The summed E-state index contributed by atoms with van der Waals surface area (Å²) in [7, 11) is 1.64. The Kier molecular flexibility index (Phi) is 7.02. The van der Waals surface area contributed by atoms with E-state index in [1.165, 1.54) is 11.3 Å². The molecule has 0 saturated carbocycles. The van der Waals surface area contributed by atoms with Crippen molar-refractivity contribution >= 4 is 39.4 Å². The Hall–Kier alpha value is -3.20. The molecule has 8 nitrogen and oxygen atoms in total. The second kappa shape index (κ2) is 9.97. The number of hydrogen-bond donors (Lipinski definition) is 1. The van der Waals surface area contributed by atoms with Gasteiger partial charge in [0.05, 0.1) is 35.9 Å². The number of rotatable bonds is 8. The monoisotopic (exact) mass is 482 g/mol. The molecule has 1 amide bonds. The number of hydrogen-bond acceptors (Lipinski definition) is 8. The van der Waals surface area contributed by atoms with Crippen LogP contribution >= 0.6 is 11.3 Å². The molecule has 1 aromatic carbocycles. The largest absolute Gasteiger partial charge is 0.497 e. The van der Waals surface area contributed by atoms with E-state index in [9.17, 15) is 9.59 Å². The van der Waals surface area contributed by atoms with Crippen molar-refractivity contribution in [2.24, 2.45) is 5.92 Å². The van der Waals surface area contributed by atoms with E-state index < -0.39 is 0 Å². The second-order valence-electron chi connectivity index (χ2n) is 8.93. The van der Waals surface area contributed by atoms with Gasteiger partial charge in [0.1, 0.15) is 5.75 Å². The lowest BCUT2D eigenvalue weighted by molar-refractivity contribution is -0.149.